The van der Waals surface area contributed by atoms with Gasteiger partial charge in [0.15, 0.2) is 0 Å². The molecule has 1 saturated heterocycles. The Bertz CT molecular complexity index is 495. The van der Waals surface area contributed by atoms with E-state index >= 15 is 0 Å². The summed E-state index contributed by atoms with van der Waals surface area (Å²) in [6.45, 7) is 3.79. The third-order valence-electron chi connectivity index (χ3n) is 3.72. The fourth-order valence-corrected chi connectivity index (χ4v) is 2.79. The summed E-state index contributed by atoms with van der Waals surface area (Å²) in [5, 5.41) is 10.6. The molecule has 110 valence electrons. The predicted molar refractivity (Wildman–Crippen MR) is 75.0 cm³/mol. The van der Waals surface area contributed by atoms with Crippen molar-refractivity contribution in [3.8, 4) is 0 Å². The molecule has 1 aliphatic heterocycles. The zero-order valence-corrected chi connectivity index (χ0v) is 11.9. The lowest BCUT2D eigenvalue weighted by Gasteiger charge is -2.21. The molecule has 0 saturated carbocycles. The van der Waals surface area contributed by atoms with Gasteiger partial charge >= 0.3 is 5.69 Å². The lowest BCUT2D eigenvalue weighted by atomic mass is 10.1. The Labute approximate surface area is 118 Å². The highest BCUT2D eigenvalue weighted by Gasteiger charge is 2.21. The van der Waals surface area contributed by atoms with Crippen LogP contribution in [-0.4, -0.2) is 48.5 Å². The quantitative estimate of drug-likeness (QED) is 0.613. The van der Waals surface area contributed by atoms with Crippen LogP contribution < -0.4 is 0 Å². The maximum absolute atomic E-state index is 13.5. The lowest BCUT2D eigenvalue weighted by molar-refractivity contribution is -0.387. The number of nitrogens with zero attached hydrogens (tertiary/aromatic N) is 3. The van der Waals surface area contributed by atoms with Gasteiger partial charge in [-0.05, 0) is 44.6 Å². The normalized spacial score (nSPS) is 19.7. The monoisotopic (exact) mass is 281 g/mol. The molecule has 0 aromatic heterocycles. The summed E-state index contributed by atoms with van der Waals surface area (Å²) in [5.74, 6) is -0.116. The topological polar surface area (TPSA) is 49.6 Å². The average Bonchev–Trinajstić information content (AvgIpc) is 2.74. The van der Waals surface area contributed by atoms with Crippen LogP contribution in [-0.2, 0) is 6.54 Å². The van der Waals surface area contributed by atoms with Crippen LogP contribution in [0.1, 0.15) is 12.0 Å². The number of benzene rings is 1. The van der Waals surface area contributed by atoms with E-state index in [4.69, 9.17) is 0 Å². The SMILES string of the molecule is CN1CCC(CN(C)Cc2ccc([N+](=O)[O-])c(F)c2)C1. The van der Waals surface area contributed by atoms with E-state index in [0.29, 0.717) is 12.5 Å². The predicted octanol–water partition coefficient (Wildman–Crippen LogP) is 2.12. The molecule has 1 aromatic carbocycles. The van der Waals surface area contributed by atoms with Crippen molar-refractivity contribution >= 4 is 5.69 Å². The van der Waals surface area contributed by atoms with Gasteiger partial charge in [0.25, 0.3) is 0 Å². The third kappa shape index (κ3) is 3.74. The molecule has 1 unspecified atom stereocenters. The van der Waals surface area contributed by atoms with Gasteiger partial charge in [-0.2, -0.15) is 4.39 Å². The Kier molecular flexibility index (Phi) is 4.67. The van der Waals surface area contributed by atoms with E-state index in [-0.39, 0.29) is 0 Å². The standard InChI is InChI=1S/C14H20FN3O2/c1-16-6-5-12(9-16)10-17(2)8-11-3-4-14(18(19)20)13(15)7-11/h3-4,7,12H,5-6,8-10H2,1-2H3. The number of likely N-dealkylation sites (tertiary alicyclic amines) is 1. The van der Waals surface area contributed by atoms with Crippen molar-refractivity contribution < 1.29 is 9.31 Å². The summed E-state index contributed by atoms with van der Waals surface area (Å²) < 4.78 is 13.5. The molecule has 0 amide bonds. The van der Waals surface area contributed by atoms with Crippen molar-refractivity contribution in [2.75, 3.05) is 33.7 Å². The highest BCUT2D eigenvalue weighted by atomic mass is 19.1. The first-order valence-corrected chi connectivity index (χ1v) is 6.75. The molecule has 1 fully saturated rings. The highest BCUT2D eigenvalue weighted by Crippen LogP contribution is 2.20. The van der Waals surface area contributed by atoms with Gasteiger partial charge in [0.2, 0.25) is 5.82 Å². The molecule has 1 heterocycles. The first-order valence-electron chi connectivity index (χ1n) is 6.75. The lowest BCUT2D eigenvalue weighted by Crippen LogP contribution is -2.27. The molecular weight excluding hydrogens is 261 g/mol. The zero-order valence-electron chi connectivity index (χ0n) is 11.9. The Morgan fingerprint density at radius 1 is 1.55 bits per heavy atom. The average molecular weight is 281 g/mol. The first-order chi connectivity index (χ1) is 9.45. The van der Waals surface area contributed by atoms with Crippen molar-refractivity contribution in [2.24, 2.45) is 5.92 Å². The first kappa shape index (κ1) is 14.9. The van der Waals surface area contributed by atoms with Gasteiger partial charge in [-0.3, -0.25) is 10.1 Å². The minimum atomic E-state index is -0.763. The number of hydrogen-bond donors (Lipinski definition) is 0. The van der Waals surface area contributed by atoms with Crippen LogP contribution in [0.15, 0.2) is 18.2 Å². The zero-order chi connectivity index (χ0) is 14.7. The molecule has 1 aliphatic rings. The molecule has 1 atom stereocenters. The molecule has 0 radical (unpaired) electrons. The molecule has 5 nitrogen and oxygen atoms in total. The van der Waals surface area contributed by atoms with E-state index in [1.165, 1.54) is 18.6 Å². The van der Waals surface area contributed by atoms with Gasteiger partial charge in [-0.1, -0.05) is 6.07 Å². The van der Waals surface area contributed by atoms with Gasteiger partial charge in [0.05, 0.1) is 4.92 Å². The second-order valence-corrected chi connectivity index (χ2v) is 5.66. The molecule has 0 spiro atoms. The molecule has 2 rings (SSSR count). The van der Waals surface area contributed by atoms with E-state index in [1.807, 2.05) is 7.05 Å². The van der Waals surface area contributed by atoms with Crippen LogP contribution in [0.25, 0.3) is 0 Å². The van der Waals surface area contributed by atoms with E-state index in [0.717, 1.165) is 25.2 Å². The molecule has 0 aliphatic carbocycles. The van der Waals surface area contributed by atoms with E-state index < -0.39 is 16.4 Å². The number of nitro benzene ring substituents is 1. The van der Waals surface area contributed by atoms with E-state index in [1.54, 1.807) is 6.07 Å². The number of halogens is 1. The number of rotatable bonds is 5. The third-order valence-corrected chi connectivity index (χ3v) is 3.72. The maximum Gasteiger partial charge on any atom is 0.304 e. The van der Waals surface area contributed by atoms with Gasteiger partial charge < -0.3 is 9.80 Å². The van der Waals surface area contributed by atoms with Crippen LogP contribution in [0.2, 0.25) is 0 Å². The van der Waals surface area contributed by atoms with Crippen LogP contribution in [0, 0.1) is 21.8 Å². The Morgan fingerprint density at radius 2 is 2.30 bits per heavy atom. The van der Waals surface area contributed by atoms with Crippen LogP contribution in [0.4, 0.5) is 10.1 Å². The summed E-state index contributed by atoms with van der Waals surface area (Å²) in [5.41, 5.74) is 0.302. The minimum absolute atomic E-state index is 0.464. The number of nitro groups is 1. The van der Waals surface area contributed by atoms with Crippen molar-refractivity contribution in [1.82, 2.24) is 9.80 Å². The van der Waals surface area contributed by atoms with Crippen molar-refractivity contribution in [1.29, 1.82) is 0 Å². The minimum Gasteiger partial charge on any atom is -0.306 e. The fourth-order valence-electron chi connectivity index (χ4n) is 2.79. The molecule has 6 heteroatoms. The summed E-state index contributed by atoms with van der Waals surface area (Å²) in [7, 11) is 4.11. The van der Waals surface area contributed by atoms with Gasteiger partial charge in [-0.15, -0.1) is 0 Å². The molecule has 1 aromatic rings. The second kappa shape index (κ2) is 6.28. The Hall–Kier alpha value is -1.53. The van der Waals surface area contributed by atoms with Crippen LogP contribution >= 0.6 is 0 Å². The Balaban J connectivity index is 1.92. The smallest absolute Gasteiger partial charge is 0.304 e. The molecule has 0 N–H and O–H groups in total. The van der Waals surface area contributed by atoms with Gasteiger partial charge in [0.1, 0.15) is 0 Å². The van der Waals surface area contributed by atoms with E-state index in [2.05, 4.69) is 16.8 Å². The summed E-state index contributed by atoms with van der Waals surface area (Å²) in [6, 6.07) is 4.12. The van der Waals surface area contributed by atoms with Crippen molar-refractivity contribution in [3.63, 3.8) is 0 Å². The fraction of sp³-hybridized carbons (Fsp3) is 0.571. The second-order valence-electron chi connectivity index (χ2n) is 5.66. The molecular formula is C14H20FN3O2. The Morgan fingerprint density at radius 3 is 2.85 bits per heavy atom. The van der Waals surface area contributed by atoms with Crippen molar-refractivity contribution in [3.05, 3.63) is 39.7 Å². The van der Waals surface area contributed by atoms with E-state index in [9.17, 15) is 14.5 Å². The maximum atomic E-state index is 13.5. The summed E-state index contributed by atoms with van der Waals surface area (Å²) in [4.78, 5) is 14.3. The summed E-state index contributed by atoms with van der Waals surface area (Å²) >= 11 is 0. The molecule has 20 heavy (non-hydrogen) atoms. The molecule has 0 bridgehead atoms. The van der Waals surface area contributed by atoms with Crippen molar-refractivity contribution in [2.45, 2.75) is 13.0 Å². The largest absolute Gasteiger partial charge is 0.306 e. The van der Waals surface area contributed by atoms with Crippen LogP contribution in [0.5, 0.6) is 0 Å². The van der Waals surface area contributed by atoms with Gasteiger partial charge in [0, 0.05) is 25.7 Å². The highest BCUT2D eigenvalue weighted by molar-refractivity contribution is 5.34. The number of hydrogen-bond acceptors (Lipinski definition) is 4. The van der Waals surface area contributed by atoms with Crippen LogP contribution in [0.3, 0.4) is 0 Å². The van der Waals surface area contributed by atoms with Gasteiger partial charge in [-0.25, -0.2) is 0 Å². The summed E-state index contributed by atoms with van der Waals surface area (Å²) in [6.07, 6.45) is 1.19.